The molecule has 2 aromatic rings. The molecule has 0 atom stereocenters. The first-order valence-corrected chi connectivity index (χ1v) is 7.77. The van der Waals surface area contributed by atoms with Gasteiger partial charge >= 0.3 is 0 Å². The molecule has 0 spiro atoms. The Labute approximate surface area is 153 Å². The number of halogens is 1. The number of aromatic amines is 1. The number of pyridine rings is 1. The SMILES string of the molecule is NC=C(C=NCC(N)=O)Nc1ncc(Cl)c(NCc2ccc[nH]c2=O)n1. The molecule has 0 saturated heterocycles. The molecule has 2 aromatic heterocycles. The Hall–Kier alpha value is -3.40. The summed E-state index contributed by atoms with van der Waals surface area (Å²) in [6.45, 7) is 0.0604. The second-order valence-electron chi connectivity index (χ2n) is 4.95. The van der Waals surface area contributed by atoms with Gasteiger partial charge in [-0.15, -0.1) is 0 Å². The summed E-state index contributed by atoms with van der Waals surface area (Å²) in [7, 11) is 0. The second kappa shape index (κ2) is 9.18. The number of nitrogens with zero attached hydrogens (tertiary/aromatic N) is 3. The molecule has 10 nitrogen and oxygen atoms in total. The number of H-pyrrole nitrogens is 1. The molecule has 0 unspecified atom stereocenters. The third-order valence-electron chi connectivity index (χ3n) is 3.00. The van der Waals surface area contributed by atoms with Gasteiger partial charge < -0.3 is 27.1 Å². The molecular weight excluding hydrogens is 360 g/mol. The van der Waals surface area contributed by atoms with E-state index in [0.29, 0.717) is 17.1 Å². The molecule has 1 amide bonds. The number of rotatable bonds is 8. The Morgan fingerprint density at radius 3 is 2.96 bits per heavy atom. The Morgan fingerprint density at radius 2 is 2.27 bits per heavy atom. The van der Waals surface area contributed by atoms with Crippen molar-refractivity contribution in [1.82, 2.24) is 15.0 Å². The average molecular weight is 377 g/mol. The van der Waals surface area contributed by atoms with Crippen LogP contribution in [0.3, 0.4) is 0 Å². The van der Waals surface area contributed by atoms with Crippen LogP contribution < -0.4 is 27.7 Å². The normalized spacial score (nSPS) is 11.5. The minimum atomic E-state index is -0.567. The molecule has 0 bridgehead atoms. The molecule has 0 aliphatic rings. The number of anilines is 2. The molecule has 0 saturated carbocycles. The zero-order valence-corrected chi connectivity index (χ0v) is 14.3. The lowest BCUT2D eigenvalue weighted by molar-refractivity contribution is -0.116. The van der Waals surface area contributed by atoms with Gasteiger partial charge in [-0.25, -0.2) is 4.98 Å². The van der Waals surface area contributed by atoms with E-state index >= 15 is 0 Å². The minimum Gasteiger partial charge on any atom is -0.403 e. The maximum atomic E-state index is 11.7. The highest BCUT2D eigenvalue weighted by Gasteiger charge is 2.07. The van der Waals surface area contributed by atoms with Gasteiger partial charge in [0.1, 0.15) is 11.6 Å². The number of amides is 1. The molecule has 0 aromatic carbocycles. The topological polar surface area (TPSA) is 164 Å². The van der Waals surface area contributed by atoms with Gasteiger partial charge in [0, 0.05) is 30.7 Å². The summed E-state index contributed by atoms with van der Waals surface area (Å²) in [4.78, 5) is 37.0. The van der Waals surface area contributed by atoms with Crippen LogP contribution in [0.4, 0.5) is 11.8 Å². The molecular formula is C15H17ClN8O2. The zero-order chi connectivity index (χ0) is 18.9. The molecule has 136 valence electrons. The van der Waals surface area contributed by atoms with Crippen molar-refractivity contribution in [3.05, 3.63) is 57.4 Å². The lowest BCUT2D eigenvalue weighted by Crippen LogP contribution is -2.16. The third-order valence-corrected chi connectivity index (χ3v) is 3.28. The van der Waals surface area contributed by atoms with Crippen molar-refractivity contribution in [2.24, 2.45) is 16.5 Å². The first kappa shape index (κ1) is 18.9. The second-order valence-corrected chi connectivity index (χ2v) is 5.36. The van der Waals surface area contributed by atoms with Crippen LogP contribution in [-0.2, 0) is 11.3 Å². The molecule has 7 N–H and O–H groups in total. The van der Waals surface area contributed by atoms with Crippen LogP contribution in [0.15, 0.2) is 46.2 Å². The average Bonchev–Trinajstić information content (AvgIpc) is 2.62. The van der Waals surface area contributed by atoms with Crippen molar-refractivity contribution in [2.75, 3.05) is 17.2 Å². The van der Waals surface area contributed by atoms with E-state index in [4.69, 9.17) is 23.1 Å². The Morgan fingerprint density at radius 1 is 1.46 bits per heavy atom. The lowest BCUT2D eigenvalue weighted by Gasteiger charge is -2.10. The van der Waals surface area contributed by atoms with Crippen molar-refractivity contribution in [1.29, 1.82) is 0 Å². The van der Waals surface area contributed by atoms with Crippen LogP contribution in [-0.4, -0.2) is 33.6 Å². The smallest absolute Gasteiger partial charge is 0.252 e. The van der Waals surface area contributed by atoms with Crippen molar-refractivity contribution >= 4 is 35.5 Å². The highest BCUT2D eigenvalue weighted by molar-refractivity contribution is 6.32. The number of hydrogen-bond donors (Lipinski definition) is 5. The van der Waals surface area contributed by atoms with Gasteiger partial charge in [0.2, 0.25) is 11.9 Å². The highest BCUT2D eigenvalue weighted by atomic mass is 35.5. The van der Waals surface area contributed by atoms with E-state index in [9.17, 15) is 9.59 Å². The summed E-state index contributed by atoms with van der Waals surface area (Å²) in [5.74, 6) is -0.0401. The summed E-state index contributed by atoms with van der Waals surface area (Å²) in [5, 5.41) is 6.08. The maximum Gasteiger partial charge on any atom is 0.252 e. The van der Waals surface area contributed by atoms with E-state index in [1.807, 2.05) is 0 Å². The fraction of sp³-hybridized carbons (Fsp3) is 0.133. The first-order valence-electron chi connectivity index (χ1n) is 7.39. The number of allylic oxidation sites excluding steroid dienone is 1. The summed E-state index contributed by atoms with van der Waals surface area (Å²) < 4.78 is 0. The Balaban J connectivity index is 2.08. The summed E-state index contributed by atoms with van der Waals surface area (Å²) in [5.41, 5.74) is 11.2. The van der Waals surface area contributed by atoms with Crippen LogP contribution >= 0.6 is 11.6 Å². The molecule has 0 aliphatic heterocycles. The van der Waals surface area contributed by atoms with Crippen LogP contribution in [0.2, 0.25) is 5.02 Å². The molecule has 2 heterocycles. The Kier molecular flexibility index (Phi) is 6.68. The molecule has 11 heteroatoms. The number of carbonyl (C=O) groups is 1. The number of aliphatic imine (C=N–C) groups is 1. The number of carbonyl (C=O) groups excluding carboxylic acids is 1. The van der Waals surface area contributed by atoms with Gasteiger partial charge in [0.25, 0.3) is 5.56 Å². The van der Waals surface area contributed by atoms with Gasteiger partial charge in [-0.1, -0.05) is 17.7 Å². The molecule has 0 aliphatic carbocycles. The van der Waals surface area contributed by atoms with E-state index in [0.717, 1.165) is 0 Å². The minimum absolute atomic E-state index is 0.168. The van der Waals surface area contributed by atoms with Crippen molar-refractivity contribution in [3.8, 4) is 0 Å². The van der Waals surface area contributed by atoms with Crippen LogP contribution in [0.5, 0.6) is 0 Å². The van der Waals surface area contributed by atoms with Gasteiger partial charge in [-0.2, -0.15) is 4.98 Å². The van der Waals surface area contributed by atoms with Gasteiger partial charge in [0.05, 0.1) is 11.9 Å². The Bertz CT molecular complexity index is 893. The number of aromatic nitrogens is 3. The quantitative estimate of drug-likeness (QED) is 0.410. The van der Waals surface area contributed by atoms with E-state index in [-0.39, 0.29) is 29.6 Å². The fourth-order valence-corrected chi connectivity index (χ4v) is 1.96. The first-order chi connectivity index (χ1) is 12.5. The third kappa shape index (κ3) is 5.60. The molecule has 0 fully saturated rings. The molecule has 26 heavy (non-hydrogen) atoms. The van der Waals surface area contributed by atoms with Gasteiger partial charge in [-0.3, -0.25) is 14.6 Å². The molecule has 2 rings (SSSR count). The van der Waals surface area contributed by atoms with E-state index in [2.05, 4.69) is 30.6 Å². The van der Waals surface area contributed by atoms with Crippen molar-refractivity contribution < 1.29 is 4.79 Å². The number of hydrogen-bond acceptors (Lipinski definition) is 8. The van der Waals surface area contributed by atoms with Crippen LogP contribution in [0.25, 0.3) is 0 Å². The standard InChI is InChI=1S/C15H17ClN8O2/c16-11-7-22-15(23-10(4-17)6-19-8-12(18)25)24-13(11)21-5-9-2-1-3-20-14(9)26/h1-4,6-7H,5,8,17H2,(H2,18,25)(H,20,26)(H2,21,22,23,24). The van der Waals surface area contributed by atoms with Crippen molar-refractivity contribution in [2.45, 2.75) is 6.54 Å². The van der Waals surface area contributed by atoms with Crippen LogP contribution in [0, 0.1) is 0 Å². The van der Waals surface area contributed by atoms with E-state index in [1.165, 1.54) is 18.6 Å². The van der Waals surface area contributed by atoms with Crippen LogP contribution in [0.1, 0.15) is 5.56 Å². The highest BCUT2D eigenvalue weighted by Crippen LogP contribution is 2.20. The predicted octanol–water partition coefficient (Wildman–Crippen LogP) is 0.198. The predicted molar refractivity (Wildman–Crippen MR) is 99.9 cm³/mol. The van der Waals surface area contributed by atoms with Gasteiger partial charge in [0.15, 0.2) is 5.82 Å². The van der Waals surface area contributed by atoms with Gasteiger partial charge in [-0.05, 0) is 6.07 Å². The van der Waals surface area contributed by atoms with Crippen molar-refractivity contribution in [3.63, 3.8) is 0 Å². The number of nitrogens with two attached hydrogens (primary N) is 2. The molecule has 0 radical (unpaired) electrons. The number of primary amides is 1. The largest absolute Gasteiger partial charge is 0.403 e. The fourth-order valence-electron chi connectivity index (χ4n) is 1.81. The lowest BCUT2D eigenvalue weighted by atomic mass is 10.3. The number of nitrogens with one attached hydrogen (secondary N) is 3. The van der Waals surface area contributed by atoms with E-state index < -0.39 is 5.91 Å². The monoisotopic (exact) mass is 376 g/mol. The summed E-state index contributed by atoms with van der Waals surface area (Å²) >= 11 is 6.07. The summed E-state index contributed by atoms with van der Waals surface area (Å²) in [6, 6.07) is 3.40. The zero-order valence-electron chi connectivity index (χ0n) is 13.6. The maximum absolute atomic E-state index is 11.7. The van der Waals surface area contributed by atoms with E-state index in [1.54, 1.807) is 18.3 Å². The summed E-state index contributed by atoms with van der Waals surface area (Å²) in [6.07, 6.45) is 5.51.